The zero-order valence-electron chi connectivity index (χ0n) is 11.9. The summed E-state index contributed by atoms with van der Waals surface area (Å²) in [5.41, 5.74) is 0.794. The van der Waals surface area contributed by atoms with Crippen LogP contribution < -0.4 is 5.32 Å². The van der Waals surface area contributed by atoms with E-state index in [9.17, 15) is 9.90 Å². The van der Waals surface area contributed by atoms with E-state index < -0.39 is 0 Å². The summed E-state index contributed by atoms with van der Waals surface area (Å²) in [4.78, 5) is 12.4. The largest absolute Gasteiger partial charge is 0.393 e. The first-order valence-electron chi connectivity index (χ1n) is 7.90. The molecule has 2 aliphatic rings. The van der Waals surface area contributed by atoms with E-state index in [-0.39, 0.29) is 18.1 Å². The Kier molecular flexibility index (Phi) is 4.10. The first-order chi connectivity index (χ1) is 9.74. The number of hydrogen-bond acceptors (Lipinski definition) is 2. The van der Waals surface area contributed by atoms with Crippen LogP contribution in [-0.4, -0.2) is 27.7 Å². The van der Waals surface area contributed by atoms with Gasteiger partial charge in [0.15, 0.2) is 0 Å². The molecule has 20 heavy (non-hydrogen) atoms. The van der Waals surface area contributed by atoms with Crippen molar-refractivity contribution in [2.45, 2.75) is 69.6 Å². The molecule has 1 amide bonds. The number of aliphatic hydroxyl groups is 1. The second kappa shape index (κ2) is 6.00. The molecular weight excluding hydrogens is 252 g/mol. The number of rotatable bonds is 3. The first-order valence-corrected chi connectivity index (χ1v) is 7.90. The number of carbonyl (C=O) groups excluding carboxylic acids is 1. The maximum absolute atomic E-state index is 12.4. The minimum Gasteiger partial charge on any atom is -0.393 e. The molecular formula is C16H24N2O2. The molecule has 1 aromatic heterocycles. The standard InChI is InChI=1S/C16H24N2O2/c19-14-9-7-12(8-10-14)17-16(20)15-6-3-11-18(15)13-4-1-2-5-13/h3,6,11-14,19H,1-2,4-5,7-10H2,(H,17,20). The molecule has 3 rings (SSSR count). The Bertz CT molecular complexity index is 455. The number of aliphatic hydroxyl groups excluding tert-OH is 1. The van der Waals surface area contributed by atoms with E-state index in [4.69, 9.17) is 0 Å². The predicted molar refractivity (Wildman–Crippen MR) is 77.7 cm³/mol. The Balaban J connectivity index is 1.64. The third-order valence-corrected chi connectivity index (χ3v) is 4.76. The lowest BCUT2D eigenvalue weighted by Crippen LogP contribution is -2.39. The fraction of sp³-hybridized carbons (Fsp3) is 0.688. The second-order valence-electron chi connectivity index (χ2n) is 6.22. The van der Waals surface area contributed by atoms with Gasteiger partial charge in [-0.1, -0.05) is 12.8 Å². The van der Waals surface area contributed by atoms with E-state index in [0.29, 0.717) is 6.04 Å². The maximum atomic E-state index is 12.4. The molecule has 0 aliphatic heterocycles. The van der Waals surface area contributed by atoms with Gasteiger partial charge < -0.3 is 15.0 Å². The Hall–Kier alpha value is -1.29. The molecule has 0 bridgehead atoms. The quantitative estimate of drug-likeness (QED) is 0.891. The molecule has 2 fully saturated rings. The molecule has 1 heterocycles. The number of nitrogens with zero attached hydrogens (tertiary/aromatic N) is 1. The average Bonchev–Trinajstić information content (AvgIpc) is 3.11. The summed E-state index contributed by atoms with van der Waals surface area (Å²) in [6.07, 6.45) is 10.1. The summed E-state index contributed by atoms with van der Waals surface area (Å²) in [5.74, 6) is 0.0447. The third-order valence-electron chi connectivity index (χ3n) is 4.76. The van der Waals surface area contributed by atoms with Gasteiger partial charge in [0.2, 0.25) is 0 Å². The Morgan fingerprint density at radius 2 is 1.85 bits per heavy atom. The van der Waals surface area contributed by atoms with Gasteiger partial charge in [0.25, 0.3) is 5.91 Å². The van der Waals surface area contributed by atoms with Crippen molar-refractivity contribution in [2.24, 2.45) is 0 Å². The Morgan fingerprint density at radius 3 is 2.55 bits per heavy atom. The van der Waals surface area contributed by atoms with Crippen LogP contribution in [0.25, 0.3) is 0 Å². The van der Waals surface area contributed by atoms with Crippen LogP contribution in [0, 0.1) is 0 Å². The molecule has 0 saturated heterocycles. The van der Waals surface area contributed by atoms with Crippen molar-refractivity contribution in [2.75, 3.05) is 0 Å². The number of amides is 1. The molecule has 1 aromatic rings. The van der Waals surface area contributed by atoms with E-state index in [0.717, 1.165) is 31.4 Å². The molecule has 0 unspecified atom stereocenters. The van der Waals surface area contributed by atoms with Crippen LogP contribution in [0.2, 0.25) is 0 Å². The first kappa shape index (κ1) is 13.7. The second-order valence-corrected chi connectivity index (χ2v) is 6.22. The van der Waals surface area contributed by atoms with Crippen molar-refractivity contribution in [3.05, 3.63) is 24.0 Å². The third kappa shape index (κ3) is 2.90. The smallest absolute Gasteiger partial charge is 0.268 e. The summed E-state index contributed by atoms with van der Waals surface area (Å²) in [7, 11) is 0. The van der Waals surface area contributed by atoms with Crippen molar-refractivity contribution in [3.63, 3.8) is 0 Å². The Labute approximate surface area is 120 Å². The van der Waals surface area contributed by atoms with Crippen LogP contribution in [0.15, 0.2) is 18.3 Å². The molecule has 4 heteroatoms. The van der Waals surface area contributed by atoms with Crippen LogP contribution in [0.1, 0.15) is 67.9 Å². The van der Waals surface area contributed by atoms with Gasteiger partial charge in [0.05, 0.1) is 6.10 Å². The van der Waals surface area contributed by atoms with Gasteiger partial charge in [-0.3, -0.25) is 4.79 Å². The van der Waals surface area contributed by atoms with Crippen molar-refractivity contribution in [1.29, 1.82) is 0 Å². The van der Waals surface area contributed by atoms with Gasteiger partial charge in [0.1, 0.15) is 5.69 Å². The van der Waals surface area contributed by atoms with Gasteiger partial charge >= 0.3 is 0 Å². The van der Waals surface area contributed by atoms with E-state index in [1.54, 1.807) is 0 Å². The Morgan fingerprint density at radius 1 is 1.15 bits per heavy atom. The van der Waals surface area contributed by atoms with E-state index in [1.807, 2.05) is 18.3 Å². The fourth-order valence-electron chi connectivity index (χ4n) is 3.57. The lowest BCUT2D eigenvalue weighted by Gasteiger charge is -2.26. The average molecular weight is 276 g/mol. The highest BCUT2D eigenvalue weighted by Gasteiger charge is 2.24. The van der Waals surface area contributed by atoms with Crippen LogP contribution in [0.4, 0.5) is 0 Å². The van der Waals surface area contributed by atoms with Gasteiger partial charge in [-0.15, -0.1) is 0 Å². The highest BCUT2D eigenvalue weighted by Crippen LogP contribution is 2.30. The molecule has 0 spiro atoms. The van der Waals surface area contributed by atoms with Gasteiger partial charge in [0, 0.05) is 18.3 Å². The van der Waals surface area contributed by atoms with E-state index >= 15 is 0 Å². The summed E-state index contributed by atoms with van der Waals surface area (Å²) < 4.78 is 2.15. The van der Waals surface area contributed by atoms with Crippen LogP contribution >= 0.6 is 0 Å². The van der Waals surface area contributed by atoms with E-state index in [1.165, 1.54) is 25.7 Å². The summed E-state index contributed by atoms with van der Waals surface area (Å²) in [6, 6.07) is 4.61. The minimum atomic E-state index is -0.175. The van der Waals surface area contributed by atoms with E-state index in [2.05, 4.69) is 9.88 Å². The maximum Gasteiger partial charge on any atom is 0.268 e. The lowest BCUT2D eigenvalue weighted by molar-refractivity contribution is 0.0857. The summed E-state index contributed by atoms with van der Waals surface area (Å²) in [5, 5.41) is 12.7. The SMILES string of the molecule is O=C(NC1CCC(O)CC1)c1cccn1C1CCCC1. The van der Waals surface area contributed by atoms with Gasteiger partial charge in [-0.25, -0.2) is 0 Å². The molecule has 0 aromatic carbocycles. The van der Waals surface area contributed by atoms with Crippen LogP contribution in [0.3, 0.4) is 0 Å². The topological polar surface area (TPSA) is 54.3 Å². The van der Waals surface area contributed by atoms with Crippen molar-refractivity contribution >= 4 is 5.91 Å². The van der Waals surface area contributed by atoms with Crippen molar-refractivity contribution in [1.82, 2.24) is 9.88 Å². The highest BCUT2D eigenvalue weighted by molar-refractivity contribution is 5.93. The van der Waals surface area contributed by atoms with Gasteiger partial charge in [-0.2, -0.15) is 0 Å². The predicted octanol–water partition coefficient (Wildman–Crippen LogP) is 2.64. The molecule has 110 valence electrons. The van der Waals surface area contributed by atoms with Gasteiger partial charge in [-0.05, 0) is 50.7 Å². The molecule has 4 nitrogen and oxygen atoms in total. The summed E-state index contributed by atoms with van der Waals surface area (Å²) >= 11 is 0. The minimum absolute atomic E-state index is 0.0447. The zero-order valence-corrected chi connectivity index (χ0v) is 11.9. The number of hydrogen-bond donors (Lipinski definition) is 2. The molecule has 0 radical (unpaired) electrons. The monoisotopic (exact) mass is 276 g/mol. The summed E-state index contributed by atoms with van der Waals surface area (Å²) in [6.45, 7) is 0. The molecule has 2 aliphatic carbocycles. The molecule has 2 N–H and O–H groups in total. The normalized spacial score (nSPS) is 27.6. The number of aromatic nitrogens is 1. The number of carbonyl (C=O) groups is 1. The highest BCUT2D eigenvalue weighted by atomic mass is 16.3. The van der Waals surface area contributed by atoms with Crippen molar-refractivity contribution in [3.8, 4) is 0 Å². The molecule has 0 atom stereocenters. The van der Waals surface area contributed by atoms with Crippen molar-refractivity contribution < 1.29 is 9.90 Å². The van der Waals surface area contributed by atoms with Crippen LogP contribution in [0.5, 0.6) is 0 Å². The number of nitrogens with one attached hydrogen (secondary N) is 1. The fourth-order valence-corrected chi connectivity index (χ4v) is 3.57. The lowest BCUT2D eigenvalue weighted by atomic mass is 9.93. The zero-order chi connectivity index (χ0) is 13.9. The van der Waals surface area contributed by atoms with Crippen LogP contribution in [-0.2, 0) is 0 Å². The molecule has 2 saturated carbocycles.